The van der Waals surface area contributed by atoms with Crippen LogP contribution in [0.5, 0.6) is 0 Å². The molecule has 2 saturated heterocycles. The molecular formula is C12H19ClF5N3O. The van der Waals surface area contributed by atoms with Crippen molar-refractivity contribution in [2.45, 2.75) is 37.5 Å². The van der Waals surface area contributed by atoms with Crippen molar-refractivity contribution >= 4 is 18.3 Å². The van der Waals surface area contributed by atoms with Crippen LogP contribution in [0.15, 0.2) is 0 Å². The number of carbonyl (C=O) groups excluding carboxylic acids is 1. The van der Waals surface area contributed by atoms with Crippen molar-refractivity contribution in [3.05, 3.63) is 0 Å². The van der Waals surface area contributed by atoms with Crippen molar-refractivity contribution in [3.8, 4) is 0 Å². The highest BCUT2D eigenvalue weighted by Crippen LogP contribution is 2.27. The Bertz CT molecular complexity index is 407. The van der Waals surface area contributed by atoms with E-state index in [2.05, 4.69) is 5.32 Å². The largest absolute Gasteiger partial charge is 0.401 e. The van der Waals surface area contributed by atoms with Crippen LogP contribution in [0, 0.1) is 0 Å². The molecular weight excluding hydrogens is 333 g/mol. The second-order valence-electron chi connectivity index (χ2n) is 5.71. The van der Waals surface area contributed by atoms with Crippen LogP contribution >= 0.6 is 12.4 Å². The lowest BCUT2D eigenvalue weighted by molar-refractivity contribution is -0.158. The minimum absolute atomic E-state index is 0. The Labute approximate surface area is 131 Å². The van der Waals surface area contributed by atoms with Gasteiger partial charge in [-0.15, -0.1) is 12.4 Å². The number of hydrogen-bond acceptors (Lipinski definition) is 3. The highest BCUT2D eigenvalue weighted by atomic mass is 35.5. The van der Waals surface area contributed by atoms with Crippen molar-refractivity contribution in [1.82, 2.24) is 15.1 Å². The van der Waals surface area contributed by atoms with E-state index >= 15 is 0 Å². The number of rotatable bonds is 2. The van der Waals surface area contributed by atoms with Gasteiger partial charge >= 0.3 is 6.18 Å². The smallest absolute Gasteiger partial charge is 0.338 e. The van der Waals surface area contributed by atoms with Gasteiger partial charge in [0.15, 0.2) is 0 Å². The molecule has 0 bridgehead atoms. The average Bonchev–Trinajstić information content (AvgIpc) is 2.70. The summed E-state index contributed by atoms with van der Waals surface area (Å²) >= 11 is 0. The summed E-state index contributed by atoms with van der Waals surface area (Å²) in [6.45, 7) is 0.391. The third-order valence-electron chi connectivity index (χ3n) is 3.87. The Hall–Kier alpha value is -0.670. The van der Waals surface area contributed by atoms with Gasteiger partial charge in [-0.3, -0.25) is 15.0 Å². The second kappa shape index (κ2) is 6.84. The van der Waals surface area contributed by atoms with Gasteiger partial charge in [-0.1, -0.05) is 0 Å². The van der Waals surface area contributed by atoms with Gasteiger partial charge in [0.2, 0.25) is 5.91 Å². The van der Waals surface area contributed by atoms with Crippen LogP contribution in [0.2, 0.25) is 0 Å². The van der Waals surface area contributed by atoms with Crippen molar-refractivity contribution < 1.29 is 26.7 Å². The maximum atomic E-state index is 13.1. The average molecular weight is 352 g/mol. The van der Waals surface area contributed by atoms with Crippen LogP contribution in [0.25, 0.3) is 0 Å². The molecule has 2 aliphatic heterocycles. The molecule has 2 heterocycles. The molecule has 130 valence electrons. The number of nitrogens with zero attached hydrogens (tertiary/aromatic N) is 2. The first-order chi connectivity index (χ1) is 9.57. The molecule has 1 amide bonds. The Kier molecular flexibility index (Phi) is 6.02. The number of nitrogens with one attached hydrogen (secondary N) is 1. The lowest BCUT2D eigenvalue weighted by Crippen LogP contribution is -2.58. The molecule has 2 atom stereocenters. The maximum absolute atomic E-state index is 13.1. The van der Waals surface area contributed by atoms with Crippen molar-refractivity contribution in [3.63, 3.8) is 0 Å². The van der Waals surface area contributed by atoms with Crippen LogP contribution < -0.4 is 5.32 Å². The molecule has 0 aromatic carbocycles. The van der Waals surface area contributed by atoms with Gasteiger partial charge in [-0.2, -0.15) is 13.2 Å². The van der Waals surface area contributed by atoms with E-state index in [4.69, 9.17) is 0 Å². The summed E-state index contributed by atoms with van der Waals surface area (Å²) in [7, 11) is 0. The van der Waals surface area contributed by atoms with Crippen LogP contribution in [0.3, 0.4) is 0 Å². The molecule has 0 spiro atoms. The van der Waals surface area contributed by atoms with Gasteiger partial charge in [0.05, 0.1) is 19.1 Å². The molecule has 0 aromatic rings. The summed E-state index contributed by atoms with van der Waals surface area (Å²) in [6, 6.07) is -1.40. The fourth-order valence-electron chi connectivity index (χ4n) is 2.77. The number of amides is 1. The fraction of sp³-hybridized carbons (Fsp3) is 0.917. The number of piperazine rings is 1. The SMILES string of the molecule is CC1CN(C(=O)C2CC(F)(F)CN2)CCN1CC(F)(F)F.Cl. The predicted molar refractivity (Wildman–Crippen MR) is 72.3 cm³/mol. The molecule has 10 heteroatoms. The third kappa shape index (κ3) is 4.92. The lowest BCUT2D eigenvalue weighted by atomic mass is 10.1. The van der Waals surface area contributed by atoms with E-state index in [0.29, 0.717) is 0 Å². The van der Waals surface area contributed by atoms with E-state index in [-0.39, 0.29) is 32.0 Å². The first-order valence-corrected chi connectivity index (χ1v) is 6.78. The number of halogens is 6. The molecule has 2 fully saturated rings. The zero-order valence-electron chi connectivity index (χ0n) is 12.0. The predicted octanol–water partition coefficient (Wildman–Crippen LogP) is 1.50. The van der Waals surface area contributed by atoms with E-state index in [9.17, 15) is 26.7 Å². The Balaban J connectivity index is 0.00000242. The molecule has 0 aromatic heterocycles. The first kappa shape index (κ1) is 19.4. The van der Waals surface area contributed by atoms with Gasteiger partial charge in [0.25, 0.3) is 5.92 Å². The second-order valence-corrected chi connectivity index (χ2v) is 5.71. The van der Waals surface area contributed by atoms with E-state index < -0.39 is 49.6 Å². The number of alkyl halides is 5. The van der Waals surface area contributed by atoms with Crippen molar-refractivity contribution in [1.29, 1.82) is 0 Å². The zero-order valence-corrected chi connectivity index (χ0v) is 12.8. The Morgan fingerprint density at radius 3 is 2.41 bits per heavy atom. The Morgan fingerprint density at radius 1 is 1.32 bits per heavy atom. The van der Waals surface area contributed by atoms with E-state index in [0.717, 1.165) is 0 Å². The molecule has 0 aliphatic carbocycles. The topological polar surface area (TPSA) is 35.6 Å². The fourth-order valence-corrected chi connectivity index (χ4v) is 2.77. The van der Waals surface area contributed by atoms with Crippen LogP contribution in [-0.2, 0) is 4.79 Å². The summed E-state index contributed by atoms with van der Waals surface area (Å²) in [5, 5.41) is 2.47. The summed E-state index contributed by atoms with van der Waals surface area (Å²) in [6.07, 6.45) is -4.83. The van der Waals surface area contributed by atoms with Gasteiger partial charge in [-0.25, -0.2) is 8.78 Å². The van der Waals surface area contributed by atoms with Crippen LogP contribution in [0.4, 0.5) is 22.0 Å². The molecule has 0 saturated carbocycles. The van der Waals surface area contributed by atoms with Crippen LogP contribution in [0.1, 0.15) is 13.3 Å². The van der Waals surface area contributed by atoms with Gasteiger partial charge < -0.3 is 4.90 Å². The molecule has 2 rings (SSSR count). The molecule has 22 heavy (non-hydrogen) atoms. The summed E-state index contributed by atoms with van der Waals surface area (Å²) in [5.41, 5.74) is 0. The van der Waals surface area contributed by atoms with Crippen molar-refractivity contribution in [2.75, 3.05) is 32.7 Å². The molecule has 0 radical (unpaired) electrons. The molecule has 2 aliphatic rings. The molecule has 1 N–H and O–H groups in total. The summed E-state index contributed by atoms with van der Waals surface area (Å²) in [4.78, 5) is 14.7. The maximum Gasteiger partial charge on any atom is 0.401 e. The quantitative estimate of drug-likeness (QED) is 0.766. The first-order valence-electron chi connectivity index (χ1n) is 6.78. The number of hydrogen-bond donors (Lipinski definition) is 1. The lowest BCUT2D eigenvalue weighted by Gasteiger charge is -2.40. The van der Waals surface area contributed by atoms with Gasteiger partial charge in [0, 0.05) is 32.1 Å². The minimum Gasteiger partial charge on any atom is -0.338 e. The van der Waals surface area contributed by atoms with E-state index in [1.165, 1.54) is 9.80 Å². The van der Waals surface area contributed by atoms with E-state index in [1.807, 2.05) is 0 Å². The normalized spacial score (nSPS) is 29.3. The van der Waals surface area contributed by atoms with Crippen LogP contribution in [-0.4, -0.2) is 72.6 Å². The highest BCUT2D eigenvalue weighted by molar-refractivity contribution is 5.85. The molecule has 4 nitrogen and oxygen atoms in total. The molecule has 2 unspecified atom stereocenters. The zero-order chi connectivity index (χ0) is 15.8. The number of carbonyl (C=O) groups is 1. The van der Waals surface area contributed by atoms with Gasteiger partial charge in [0.1, 0.15) is 0 Å². The summed E-state index contributed by atoms with van der Waals surface area (Å²) in [5.74, 6) is -3.35. The minimum atomic E-state index is -4.28. The van der Waals surface area contributed by atoms with Gasteiger partial charge in [-0.05, 0) is 6.92 Å². The third-order valence-corrected chi connectivity index (χ3v) is 3.87. The Morgan fingerprint density at radius 2 is 1.95 bits per heavy atom. The highest BCUT2D eigenvalue weighted by Gasteiger charge is 2.44. The van der Waals surface area contributed by atoms with E-state index in [1.54, 1.807) is 6.92 Å². The van der Waals surface area contributed by atoms with Crippen molar-refractivity contribution in [2.24, 2.45) is 0 Å². The summed E-state index contributed by atoms with van der Waals surface area (Å²) < 4.78 is 63.3. The standard InChI is InChI=1S/C12H18F5N3O.ClH/c1-8-5-19(2-3-20(8)7-12(15,16)17)10(21)9-4-11(13,14)6-18-9;/h8-9,18H,2-7H2,1H3;1H. The monoisotopic (exact) mass is 351 g/mol.